The normalized spacial score (nSPS) is 11.3. The van der Waals surface area contributed by atoms with Gasteiger partial charge in [-0.15, -0.1) is 0 Å². The molecule has 3 heterocycles. The molecule has 29 heavy (non-hydrogen) atoms. The van der Waals surface area contributed by atoms with Crippen molar-refractivity contribution in [3.8, 4) is 11.5 Å². The molecule has 4 rings (SSSR count). The Morgan fingerprint density at radius 2 is 1.93 bits per heavy atom. The van der Waals surface area contributed by atoms with Crippen LogP contribution in [0.4, 0.5) is 0 Å². The lowest BCUT2D eigenvalue weighted by atomic mass is 10.1. The van der Waals surface area contributed by atoms with E-state index in [4.69, 9.17) is 9.40 Å². The van der Waals surface area contributed by atoms with Gasteiger partial charge >= 0.3 is 0 Å². The third kappa shape index (κ3) is 3.53. The van der Waals surface area contributed by atoms with Crippen LogP contribution in [0, 0.1) is 6.92 Å². The maximum atomic E-state index is 13.7. The van der Waals surface area contributed by atoms with Gasteiger partial charge < -0.3 is 9.32 Å². The van der Waals surface area contributed by atoms with Crippen molar-refractivity contribution in [2.24, 2.45) is 7.05 Å². The number of carbonyl (C=O) groups is 1. The van der Waals surface area contributed by atoms with E-state index >= 15 is 0 Å². The molecule has 1 amide bonds. The number of rotatable bonds is 5. The van der Waals surface area contributed by atoms with Crippen LogP contribution in [0.15, 0.2) is 59.2 Å². The molecular weight excluding hydrogens is 364 g/mol. The Morgan fingerprint density at radius 1 is 1.17 bits per heavy atom. The molecule has 0 saturated carbocycles. The van der Waals surface area contributed by atoms with Crippen LogP contribution < -0.4 is 0 Å². The highest BCUT2D eigenvalue weighted by Crippen LogP contribution is 2.28. The number of aryl methyl sites for hydroxylation is 2. The summed E-state index contributed by atoms with van der Waals surface area (Å²) in [5.74, 6) is 0.583. The summed E-state index contributed by atoms with van der Waals surface area (Å²) >= 11 is 0. The molecule has 0 spiro atoms. The van der Waals surface area contributed by atoms with Gasteiger partial charge in [0, 0.05) is 19.6 Å². The van der Waals surface area contributed by atoms with E-state index in [1.165, 1.54) is 0 Å². The summed E-state index contributed by atoms with van der Waals surface area (Å²) in [5, 5.41) is 5.28. The number of hydrogen-bond donors (Lipinski definition) is 0. The summed E-state index contributed by atoms with van der Waals surface area (Å²) in [7, 11) is 1.84. The van der Waals surface area contributed by atoms with Crippen molar-refractivity contribution in [3.63, 3.8) is 0 Å². The molecule has 0 unspecified atom stereocenters. The van der Waals surface area contributed by atoms with Gasteiger partial charge in [-0.25, -0.2) is 4.98 Å². The van der Waals surface area contributed by atoms with Gasteiger partial charge in [-0.2, -0.15) is 5.10 Å². The van der Waals surface area contributed by atoms with Crippen LogP contribution in [-0.4, -0.2) is 31.6 Å². The van der Waals surface area contributed by atoms with Crippen molar-refractivity contribution in [1.29, 1.82) is 0 Å². The minimum Gasteiger partial charge on any atom is -0.463 e. The molecule has 0 aliphatic rings. The number of fused-ring (bicyclic) bond motifs is 1. The molecule has 0 radical (unpaired) electrons. The lowest BCUT2D eigenvalue weighted by Gasteiger charge is -2.27. The zero-order valence-electron chi connectivity index (χ0n) is 17.1. The summed E-state index contributed by atoms with van der Waals surface area (Å²) in [6, 6.07) is 15.5. The Bertz CT molecular complexity index is 1140. The number of carbonyl (C=O) groups excluding carboxylic acids is 1. The second-order valence-electron chi connectivity index (χ2n) is 7.45. The number of furan rings is 1. The van der Waals surface area contributed by atoms with Crippen LogP contribution in [0.1, 0.15) is 35.5 Å². The molecule has 0 aliphatic heterocycles. The van der Waals surface area contributed by atoms with Gasteiger partial charge in [0.25, 0.3) is 5.91 Å². The minimum atomic E-state index is -0.0415. The van der Waals surface area contributed by atoms with E-state index in [1.54, 1.807) is 10.9 Å². The predicted molar refractivity (Wildman–Crippen MR) is 112 cm³/mol. The zero-order valence-corrected chi connectivity index (χ0v) is 17.1. The molecular formula is C23H24N4O2. The summed E-state index contributed by atoms with van der Waals surface area (Å²) in [6.45, 7) is 6.51. The molecule has 148 valence electrons. The van der Waals surface area contributed by atoms with Gasteiger partial charge in [0.05, 0.1) is 22.9 Å². The molecule has 6 heteroatoms. The van der Waals surface area contributed by atoms with E-state index in [0.29, 0.717) is 29.2 Å². The lowest BCUT2D eigenvalue weighted by Crippen LogP contribution is -2.36. The zero-order chi connectivity index (χ0) is 20.5. The second-order valence-corrected chi connectivity index (χ2v) is 7.45. The van der Waals surface area contributed by atoms with Gasteiger partial charge in [0.15, 0.2) is 11.4 Å². The van der Waals surface area contributed by atoms with Crippen LogP contribution in [0.25, 0.3) is 22.5 Å². The third-order valence-electron chi connectivity index (χ3n) is 5.05. The van der Waals surface area contributed by atoms with E-state index in [1.807, 2.05) is 81.2 Å². The van der Waals surface area contributed by atoms with E-state index < -0.39 is 0 Å². The van der Waals surface area contributed by atoms with Crippen molar-refractivity contribution < 1.29 is 9.21 Å². The monoisotopic (exact) mass is 388 g/mol. The smallest absolute Gasteiger partial charge is 0.255 e. The predicted octanol–water partition coefficient (Wildman–Crippen LogP) is 4.59. The first-order chi connectivity index (χ1) is 14.0. The average Bonchev–Trinajstić information content (AvgIpc) is 3.34. The van der Waals surface area contributed by atoms with Crippen molar-refractivity contribution in [2.45, 2.75) is 33.4 Å². The van der Waals surface area contributed by atoms with Gasteiger partial charge in [-0.05, 0) is 44.5 Å². The fourth-order valence-electron chi connectivity index (χ4n) is 3.59. The second kappa shape index (κ2) is 7.54. The van der Waals surface area contributed by atoms with Gasteiger partial charge in [0.2, 0.25) is 0 Å². The number of amides is 1. The Morgan fingerprint density at radius 3 is 2.59 bits per heavy atom. The maximum absolute atomic E-state index is 13.7. The van der Waals surface area contributed by atoms with Gasteiger partial charge in [-0.1, -0.05) is 30.3 Å². The number of aromatic nitrogens is 3. The SMILES string of the molecule is Cc1nn(C)c2nc(-c3ccco3)cc(C(=O)N(Cc3ccccc3)C(C)C)c12. The first-order valence-corrected chi connectivity index (χ1v) is 9.69. The summed E-state index contributed by atoms with van der Waals surface area (Å²) in [6.07, 6.45) is 1.60. The number of pyridine rings is 1. The first kappa shape index (κ1) is 18.9. The molecule has 0 N–H and O–H groups in total. The van der Waals surface area contributed by atoms with Crippen LogP contribution in [0.5, 0.6) is 0 Å². The van der Waals surface area contributed by atoms with Gasteiger partial charge in [-0.3, -0.25) is 9.48 Å². The van der Waals surface area contributed by atoms with Crippen molar-refractivity contribution in [2.75, 3.05) is 0 Å². The van der Waals surface area contributed by atoms with Gasteiger partial charge in [0.1, 0.15) is 5.69 Å². The molecule has 0 bridgehead atoms. The first-order valence-electron chi connectivity index (χ1n) is 9.69. The van der Waals surface area contributed by atoms with E-state index in [9.17, 15) is 4.79 Å². The van der Waals surface area contributed by atoms with Crippen LogP contribution in [-0.2, 0) is 13.6 Å². The highest BCUT2D eigenvalue weighted by atomic mass is 16.3. The van der Waals surface area contributed by atoms with Crippen LogP contribution >= 0.6 is 0 Å². The van der Waals surface area contributed by atoms with Crippen LogP contribution in [0.3, 0.4) is 0 Å². The lowest BCUT2D eigenvalue weighted by molar-refractivity contribution is 0.0692. The molecule has 3 aromatic heterocycles. The Balaban J connectivity index is 1.85. The van der Waals surface area contributed by atoms with Crippen molar-refractivity contribution >= 4 is 16.9 Å². The summed E-state index contributed by atoms with van der Waals surface area (Å²) in [4.78, 5) is 20.3. The molecule has 4 aromatic rings. The van der Waals surface area contributed by atoms with E-state index in [0.717, 1.165) is 16.6 Å². The molecule has 1 aromatic carbocycles. The molecule has 0 atom stereocenters. The Hall–Kier alpha value is -3.41. The molecule has 0 saturated heterocycles. The number of benzene rings is 1. The fraction of sp³-hybridized carbons (Fsp3) is 0.261. The average molecular weight is 388 g/mol. The van der Waals surface area contributed by atoms with Crippen molar-refractivity contribution in [1.82, 2.24) is 19.7 Å². The quantitative estimate of drug-likeness (QED) is 0.502. The number of nitrogens with zero attached hydrogens (tertiary/aromatic N) is 4. The third-order valence-corrected chi connectivity index (χ3v) is 5.05. The largest absolute Gasteiger partial charge is 0.463 e. The van der Waals surface area contributed by atoms with E-state index in [2.05, 4.69) is 5.10 Å². The summed E-state index contributed by atoms with van der Waals surface area (Å²) < 4.78 is 7.25. The molecule has 0 fully saturated rings. The standard InChI is InChI=1S/C23H24N4O2/c1-15(2)27(14-17-9-6-5-7-10-17)23(28)18-13-19(20-11-8-12-29-20)24-22-21(18)16(3)25-26(22)4/h5-13,15H,14H2,1-4H3. The Kier molecular flexibility index (Phi) is 4.92. The molecule has 0 aliphatic carbocycles. The highest BCUT2D eigenvalue weighted by Gasteiger charge is 2.25. The molecule has 6 nitrogen and oxygen atoms in total. The maximum Gasteiger partial charge on any atom is 0.255 e. The van der Waals surface area contributed by atoms with Crippen molar-refractivity contribution in [3.05, 3.63) is 71.6 Å². The van der Waals surface area contributed by atoms with E-state index in [-0.39, 0.29) is 11.9 Å². The summed E-state index contributed by atoms with van der Waals surface area (Å²) in [5.41, 5.74) is 3.76. The van der Waals surface area contributed by atoms with Crippen LogP contribution in [0.2, 0.25) is 0 Å². The number of hydrogen-bond acceptors (Lipinski definition) is 4. The highest BCUT2D eigenvalue weighted by molar-refractivity contribution is 6.07. The topological polar surface area (TPSA) is 64.2 Å². The minimum absolute atomic E-state index is 0.0370. The fourth-order valence-corrected chi connectivity index (χ4v) is 3.59. The Labute approximate surface area is 169 Å².